The van der Waals surface area contributed by atoms with E-state index in [1.165, 1.54) is 11.6 Å². The molecule has 1 N–H and O–H groups in total. The van der Waals surface area contributed by atoms with Crippen LogP contribution in [0.4, 0.5) is 11.4 Å². The van der Waals surface area contributed by atoms with Crippen LogP contribution in [0.5, 0.6) is 0 Å². The number of halogens is 1. The minimum absolute atomic E-state index is 0.124. The smallest absolute Gasteiger partial charge is 0.275 e. The number of benzene rings is 2. The molecule has 110 valence electrons. The molecule has 2 aromatic rings. The first-order chi connectivity index (χ1) is 9.88. The Kier molecular flexibility index (Phi) is 4.63. The molecule has 0 bridgehead atoms. The molecule has 0 radical (unpaired) electrons. The van der Waals surface area contributed by atoms with Crippen molar-refractivity contribution in [2.75, 3.05) is 5.32 Å². The minimum Gasteiger partial charge on any atom is -0.380 e. The number of nitrogens with zero attached hydrogens (tertiary/aromatic N) is 1. The van der Waals surface area contributed by atoms with Gasteiger partial charge in [-0.25, -0.2) is 0 Å². The summed E-state index contributed by atoms with van der Waals surface area (Å²) in [6.45, 7) is 6.56. The molecule has 0 saturated carbocycles. The maximum Gasteiger partial charge on any atom is 0.275 e. The lowest BCUT2D eigenvalue weighted by atomic mass is 10.0. The molecular formula is C16H17BrN2O2. The molecule has 0 aliphatic rings. The van der Waals surface area contributed by atoms with E-state index in [9.17, 15) is 10.1 Å². The van der Waals surface area contributed by atoms with Gasteiger partial charge in [-0.1, -0.05) is 33.6 Å². The summed E-state index contributed by atoms with van der Waals surface area (Å²) in [5.41, 5.74) is 5.34. The maximum atomic E-state index is 11.1. The van der Waals surface area contributed by atoms with Gasteiger partial charge in [-0.3, -0.25) is 10.1 Å². The van der Waals surface area contributed by atoms with E-state index < -0.39 is 0 Å². The lowest BCUT2D eigenvalue weighted by molar-refractivity contribution is -0.385. The van der Waals surface area contributed by atoms with E-state index in [1.54, 1.807) is 6.07 Å². The molecule has 0 unspecified atom stereocenters. The van der Waals surface area contributed by atoms with Crippen LogP contribution in [0, 0.1) is 30.9 Å². The van der Waals surface area contributed by atoms with Crippen molar-refractivity contribution in [3.05, 3.63) is 67.2 Å². The van der Waals surface area contributed by atoms with E-state index in [1.807, 2.05) is 19.9 Å². The Bertz CT molecular complexity index is 676. The third-order valence-electron chi connectivity index (χ3n) is 3.38. The molecule has 4 nitrogen and oxygen atoms in total. The first-order valence-corrected chi connectivity index (χ1v) is 7.42. The van der Waals surface area contributed by atoms with Crippen molar-refractivity contribution in [3.63, 3.8) is 0 Å². The van der Waals surface area contributed by atoms with Gasteiger partial charge in [-0.2, -0.15) is 0 Å². The number of hydrogen-bond acceptors (Lipinski definition) is 3. The Hall–Kier alpha value is -1.88. The molecule has 0 saturated heterocycles. The van der Waals surface area contributed by atoms with Crippen LogP contribution >= 0.6 is 15.9 Å². The summed E-state index contributed by atoms with van der Waals surface area (Å²) in [4.78, 5) is 10.8. The van der Waals surface area contributed by atoms with Crippen LogP contribution in [0.15, 0.2) is 34.8 Å². The van der Waals surface area contributed by atoms with E-state index >= 15 is 0 Å². The number of aryl methyl sites for hydroxylation is 3. The first-order valence-electron chi connectivity index (χ1n) is 6.63. The number of rotatable bonds is 4. The molecule has 0 aromatic heterocycles. The summed E-state index contributed by atoms with van der Waals surface area (Å²) in [5.74, 6) is 0. The Morgan fingerprint density at radius 1 is 1.14 bits per heavy atom. The topological polar surface area (TPSA) is 55.2 Å². The van der Waals surface area contributed by atoms with E-state index in [0.717, 1.165) is 16.8 Å². The highest BCUT2D eigenvalue weighted by molar-refractivity contribution is 9.10. The second-order valence-electron chi connectivity index (χ2n) is 5.16. The molecule has 0 atom stereocenters. The molecule has 5 heteroatoms. The number of nitrogens with one attached hydrogen (secondary N) is 1. The Balaban J connectivity index is 2.27. The SMILES string of the molecule is Cc1cc(C)c(NCc2ccc(Br)cc2[N+](=O)[O-])c(C)c1. The van der Waals surface area contributed by atoms with Gasteiger partial charge in [0.1, 0.15) is 0 Å². The van der Waals surface area contributed by atoms with Crippen LogP contribution in [0.25, 0.3) is 0 Å². The number of hydrogen-bond donors (Lipinski definition) is 1. The molecule has 0 fully saturated rings. The van der Waals surface area contributed by atoms with Crippen LogP contribution in [0.1, 0.15) is 22.3 Å². The number of nitro benzene ring substituents is 1. The summed E-state index contributed by atoms with van der Waals surface area (Å²) in [6, 6.07) is 9.33. The summed E-state index contributed by atoms with van der Waals surface area (Å²) >= 11 is 3.27. The number of nitro groups is 1. The fraction of sp³-hybridized carbons (Fsp3) is 0.250. The molecule has 0 aliphatic carbocycles. The molecule has 0 heterocycles. The molecule has 21 heavy (non-hydrogen) atoms. The monoisotopic (exact) mass is 348 g/mol. The molecule has 0 amide bonds. The molecule has 0 spiro atoms. The van der Waals surface area contributed by atoms with Crippen molar-refractivity contribution in [2.45, 2.75) is 27.3 Å². The van der Waals surface area contributed by atoms with Gasteiger partial charge >= 0.3 is 0 Å². The predicted molar refractivity (Wildman–Crippen MR) is 88.8 cm³/mol. The van der Waals surface area contributed by atoms with E-state index in [4.69, 9.17) is 0 Å². The fourth-order valence-electron chi connectivity index (χ4n) is 2.50. The van der Waals surface area contributed by atoms with Gasteiger partial charge in [0.05, 0.1) is 4.92 Å². The predicted octanol–water partition coefficient (Wildman–Crippen LogP) is 4.89. The van der Waals surface area contributed by atoms with Gasteiger partial charge in [0, 0.05) is 28.3 Å². The third-order valence-corrected chi connectivity index (χ3v) is 3.87. The fourth-order valence-corrected chi connectivity index (χ4v) is 2.85. The van der Waals surface area contributed by atoms with Crippen LogP contribution in [0.2, 0.25) is 0 Å². The van der Waals surface area contributed by atoms with E-state index in [2.05, 4.69) is 40.3 Å². The highest BCUT2D eigenvalue weighted by atomic mass is 79.9. The van der Waals surface area contributed by atoms with Gasteiger partial charge in [-0.15, -0.1) is 0 Å². The molecule has 2 rings (SSSR count). The van der Waals surface area contributed by atoms with E-state index in [0.29, 0.717) is 16.6 Å². The zero-order valence-corrected chi connectivity index (χ0v) is 13.8. The zero-order chi connectivity index (χ0) is 15.6. The van der Waals surface area contributed by atoms with Gasteiger partial charge < -0.3 is 5.32 Å². The van der Waals surface area contributed by atoms with Crippen molar-refractivity contribution in [2.24, 2.45) is 0 Å². The Labute approximate surface area is 132 Å². The molecule has 0 aliphatic heterocycles. The largest absolute Gasteiger partial charge is 0.380 e. The van der Waals surface area contributed by atoms with Crippen molar-refractivity contribution < 1.29 is 4.92 Å². The van der Waals surface area contributed by atoms with Gasteiger partial charge in [0.15, 0.2) is 0 Å². The van der Waals surface area contributed by atoms with Gasteiger partial charge in [0.25, 0.3) is 5.69 Å². The second-order valence-corrected chi connectivity index (χ2v) is 6.07. The molecule has 2 aromatic carbocycles. The Morgan fingerprint density at radius 2 is 1.76 bits per heavy atom. The third kappa shape index (κ3) is 3.61. The Morgan fingerprint density at radius 3 is 2.33 bits per heavy atom. The quantitative estimate of drug-likeness (QED) is 0.631. The standard InChI is InChI=1S/C16H17BrN2O2/c1-10-6-11(2)16(12(3)7-10)18-9-13-4-5-14(17)8-15(13)19(20)21/h4-8,18H,9H2,1-3H3. The highest BCUT2D eigenvalue weighted by Crippen LogP contribution is 2.26. The highest BCUT2D eigenvalue weighted by Gasteiger charge is 2.14. The first kappa shape index (κ1) is 15.5. The maximum absolute atomic E-state index is 11.1. The van der Waals surface area contributed by atoms with Crippen LogP contribution in [-0.4, -0.2) is 4.92 Å². The number of anilines is 1. The summed E-state index contributed by atoms with van der Waals surface area (Å²) in [7, 11) is 0. The molecular weight excluding hydrogens is 332 g/mol. The summed E-state index contributed by atoms with van der Waals surface area (Å²) in [5, 5.41) is 14.4. The van der Waals surface area contributed by atoms with Crippen LogP contribution < -0.4 is 5.32 Å². The lowest BCUT2D eigenvalue weighted by Gasteiger charge is -2.14. The summed E-state index contributed by atoms with van der Waals surface area (Å²) in [6.07, 6.45) is 0. The van der Waals surface area contributed by atoms with E-state index in [-0.39, 0.29) is 10.6 Å². The minimum atomic E-state index is -0.351. The van der Waals surface area contributed by atoms with Crippen LogP contribution in [-0.2, 0) is 6.54 Å². The van der Waals surface area contributed by atoms with Crippen molar-refractivity contribution in [3.8, 4) is 0 Å². The van der Waals surface area contributed by atoms with Gasteiger partial charge in [-0.05, 0) is 44.0 Å². The average Bonchev–Trinajstić information content (AvgIpc) is 2.38. The van der Waals surface area contributed by atoms with Crippen molar-refractivity contribution in [1.29, 1.82) is 0 Å². The van der Waals surface area contributed by atoms with Crippen molar-refractivity contribution in [1.82, 2.24) is 0 Å². The zero-order valence-electron chi connectivity index (χ0n) is 12.2. The summed E-state index contributed by atoms with van der Waals surface area (Å²) < 4.78 is 0.709. The second kappa shape index (κ2) is 6.26. The lowest BCUT2D eigenvalue weighted by Crippen LogP contribution is -2.05. The van der Waals surface area contributed by atoms with Crippen LogP contribution in [0.3, 0.4) is 0 Å². The van der Waals surface area contributed by atoms with Crippen molar-refractivity contribution >= 4 is 27.3 Å². The average molecular weight is 349 g/mol. The normalized spacial score (nSPS) is 10.5. The van der Waals surface area contributed by atoms with Gasteiger partial charge in [0.2, 0.25) is 0 Å².